The van der Waals surface area contributed by atoms with E-state index in [0.29, 0.717) is 5.92 Å². The summed E-state index contributed by atoms with van der Waals surface area (Å²) < 4.78 is 5.24. The summed E-state index contributed by atoms with van der Waals surface area (Å²) in [6.07, 6.45) is 5.16. The molecule has 1 aliphatic heterocycles. The number of pyridine rings is 1. The molecule has 3 rings (SSSR count). The molecular formula is C23H33N5O. The maximum Gasteiger partial charge on any atom is 0.190 e. The molecule has 1 aliphatic rings. The molecule has 1 saturated heterocycles. The van der Waals surface area contributed by atoms with Gasteiger partial charge in [0.2, 0.25) is 0 Å². The second-order valence-electron chi connectivity index (χ2n) is 7.52. The molecule has 2 N–H and O–H groups in total. The predicted octanol–water partition coefficient (Wildman–Crippen LogP) is 2.71. The zero-order chi connectivity index (χ0) is 20.3. The third-order valence-electron chi connectivity index (χ3n) is 5.45. The van der Waals surface area contributed by atoms with Gasteiger partial charge in [-0.2, -0.15) is 0 Å². The summed E-state index contributed by atoms with van der Waals surface area (Å²) in [7, 11) is 3.53. The molecule has 2 heterocycles. The normalized spacial score (nSPS) is 15.9. The van der Waals surface area contributed by atoms with E-state index in [4.69, 9.17) is 4.74 Å². The number of nitrogens with zero attached hydrogens (tertiary/aromatic N) is 3. The summed E-state index contributed by atoms with van der Waals surface area (Å²) in [6, 6.07) is 14.4. The van der Waals surface area contributed by atoms with Gasteiger partial charge in [0.15, 0.2) is 5.96 Å². The Bertz CT molecular complexity index is 740. The van der Waals surface area contributed by atoms with Gasteiger partial charge in [0.05, 0.1) is 7.11 Å². The van der Waals surface area contributed by atoms with E-state index in [1.807, 2.05) is 37.5 Å². The first-order chi connectivity index (χ1) is 14.3. The van der Waals surface area contributed by atoms with Crippen molar-refractivity contribution in [2.24, 2.45) is 10.9 Å². The molecule has 1 aromatic carbocycles. The van der Waals surface area contributed by atoms with Gasteiger partial charge in [0, 0.05) is 45.0 Å². The van der Waals surface area contributed by atoms with E-state index in [1.54, 1.807) is 7.11 Å². The van der Waals surface area contributed by atoms with Crippen molar-refractivity contribution in [3.8, 4) is 5.75 Å². The van der Waals surface area contributed by atoms with Gasteiger partial charge in [0.1, 0.15) is 5.75 Å². The third kappa shape index (κ3) is 7.06. The molecule has 6 nitrogen and oxygen atoms in total. The van der Waals surface area contributed by atoms with Gasteiger partial charge in [0.25, 0.3) is 0 Å². The van der Waals surface area contributed by atoms with Gasteiger partial charge >= 0.3 is 0 Å². The lowest BCUT2D eigenvalue weighted by atomic mass is 9.96. The van der Waals surface area contributed by atoms with Crippen LogP contribution in [0.5, 0.6) is 5.75 Å². The number of hydrogen-bond donors (Lipinski definition) is 2. The largest absolute Gasteiger partial charge is 0.497 e. The summed E-state index contributed by atoms with van der Waals surface area (Å²) in [6.45, 7) is 5.10. The number of hydrogen-bond acceptors (Lipinski definition) is 4. The first kappa shape index (κ1) is 21.1. The van der Waals surface area contributed by atoms with E-state index in [2.05, 4.69) is 43.7 Å². The van der Waals surface area contributed by atoms with Crippen LogP contribution in [0.4, 0.5) is 0 Å². The van der Waals surface area contributed by atoms with Crippen molar-refractivity contribution in [3.63, 3.8) is 0 Å². The molecule has 0 bridgehead atoms. The second kappa shape index (κ2) is 11.4. The van der Waals surface area contributed by atoms with Crippen LogP contribution in [0, 0.1) is 5.92 Å². The van der Waals surface area contributed by atoms with Crippen LogP contribution in [0.3, 0.4) is 0 Å². The number of aromatic nitrogens is 1. The van der Waals surface area contributed by atoms with Crippen LogP contribution in [0.25, 0.3) is 0 Å². The van der Waals surface area contributed by atoms with Gasteiger partial charge in [-0.05, 0) is 61.7 Å². The number of benzene rings is 1. The maximum absolute atomic E-state index is 5.24. The molecule has 0 saturated carbocycles. The summed E-state index contributed by atoms with van der Waals surface area (Å²) >= 11 is 0. The average Bonchev–Trinajstić information content (AvgIpc) is 2.78. The lowest BCUT2D eigenvalue weighted by Crippen LogP contribution is -2.43. The van der Waals surface area contributed by atoms with Gasteiger partial charge in [-0.15, -0.1) is 0 Å². The second-order valence-corrected chi connectivity index (χ2v) is 7.52. The molecule has 0 unspecified atom stereocenters. The fourth-order valence-corrected chi connectivity index (χ4v) is 3.65. The van der Waals surface area contributed by atoms with Gasteiger partial charge in [-0.1, -0.05) is 18.2 Å². The van der Waals surface area contributed by atoms with Gasteiger partial charge in [-0.3, -0.25) is 14.9 Å². The van der Waals surface area contributed by atoms with Crippen LogP contribution in [-0.2, 0) is 13.0 Å². The Labute approximate surface area is 174 Å². The quantitative estimate of drug-likeness (QED) is 0.532. The Morgan fingerprint density at radius 3 is 2.59 bits per heavy atom. The maximum atomic E-state index is 5.24. The molecule has 1 fully saturated rings. The summed E-state index contributed by atoms with van der Waals surface area (Å²) in [5.74, 6) is 2.48. The Morgan fingerprint density at radius 1 is 1.14 bits per heavy atom. The Balaban J connectivity index is 1.33. The Kier molecular flexibility index (Phi) is 8.31. The van der Waals surface area contributed by atoms with E-state index in [-0.39, 0.29) is 0 Å². The highest BCUT2D eigenvalue weighted by molar-refractivity contribution is 5.79. The topological polar surface area (TPSA) is 61.8 Å². The monoisotopic (exact) mass is 395 g/mol. The number of methoxy groups -OCH3 is 1. The summed E-state index contributed by atoms with van der Waals surface area (Å²) in [5, 5.41) is 6.88. The lowest BCUT2D eigenvalue weighted by Gasteiger charge is -2.32. The number of nitrogens with one attached hydrogen (secondary N) is 2. The Morgan fingerprint density at radius 2 is 1.93 bits per heavy atom. The molecule has 2 aromatic rings. The van der Waals surface area contributed by atoms with Crippen molar-refractivity contribution in [2.75, 3.05) is 40.3 Å². The molecule has 156 valence electrons. The van der Waals surface area contributed by atoms with Crippen LogP contribution in [0.2, 0.25) is 0 Å². The summed E-state index contributed by atoms with van der Waals surface area (Å²) in [4.78, 5) is 11.2. The number of aliphatic imine (C=N–C) groups is 1. The first-order valence-corrected chi connectivity index (χ1v) is 10.5. The predicted molar refractivity (Wildman–Crippen MR) is 118 cm³/mol. The zero-order valence-electron chi connectivity index (χ0n) is 17.6. The van der Waals surface area contributed by atoms with Crippen LogP contribution in [0.1, 0.15) is 24.1 Å². The SMILES string of the molecule is CN=C(NCCc1ccccn1)NCC1CCN(Cc2ccc(OC)cc2)CC1. The van der Waals surface area contributed by atoms with Crippen molar-refractivity contribution in [1.82, 2.24) is 20.5 Å². The molecule has 0 amide bonds. The van der Waals surface area contributed by atoms with Crippen LogP contribution in [0.15, 0.2) is 53.7 Å². The van der Waals surface area contributed by atoms with E-state index >= 15 is 0 Å². The molecule has 0 radical (unpaired) electrons. The zero-order valence-corrected chi connectivity index (χ0v) is 17.6. The number of piperidine rings is 1. The van der Waals surface area contributed by atoms with Crippen LogP contribution in [-0.4, -0.2) is 56.2 Å². The highest BCUT2D eigenvalue weighted by Crippen LogP contribution is 2.19. The minimum Gasteiger partial charge on any atom is -0.497 e. The van der Waals surface area contributed by atoms with Crippen molar-refractivity contribution in [3.05, 3.63) is 59.9 Å². The van der Waals surface area contributed by atoms with E-state index in [1.165, 1.54) is 18.4 Å². The smallest absolute Gasteiger partial charge is 0.190 e. The minimum absolute atomic E-state index is 0.691. The highest BCUT2D eigenvalue weighted by Gasteiger charge is 2.19. The van der Waals surface area contributed by atoms with Crippen molar-refractivity contribution in [2.45, 2.75) is 25.8 Å². The first-order valence-electron chi connectivity index (χ1n) is 10.5. The third-order valence-corrected chi connectivity index (χ3v) is 5.45. The number of guanidine groups is 1. The van der Waals surface area contributed by atoms with Gasteiger partial charge in [-0.25, -0.2) is 0 Å². The van der Waals surface area contributed by atoms with Crippen LogP contribution < -0.4 is 15.4 Å². The molecule has 6 heteroatoms. The molecule has 0 atom stereocenters. The lowest BCUT2D eigenvalue weighted by molar-refractivity contribution is 0.178. The molecule has 0 spiro atoms. The average molecular weight is 396 g/mol. The number of ether oxygens (including phenoxy) is 1. The number of likely N-dealkylation sites (tertiary alicyclic amines) is 1. The fraction of sp³-hybridized carbons (Fsp3) is 0.478. The van der Waals surface area contributed by atoms with Crippen molar-refractivity contribution >= 4 is 5.96 Å². The van der Waals surface area contributed by atoms with Gasteiger partial charge < -0.3 is 15.4 Å². The molecular weight excluding hydrogens is 362 g/mol. The van der Waals surface area contributed by atoms with Crippen LogP contribution >= 0.6 is 0 Å². The van der Waals surface area contributed by atoms with E-state index < -0.39 is 0 Å². The minimum atomic E-state index is 0.691. The fourth-order valence-electron chi connectivity index (χ4n) is 3.65. The molecule has 0 aliphatic carbocycles. The van der Waals surface area contributed by atoms with E-state index in [9.17, 15) is 0 Å². The van der Waals surface area contributed by atoms with Crippen molar-refractivity contribution in [1.29, 1.82) is 0 Å². The summed E-state index contributed by atoms with van der Waals surface area (Å²) in [5.41, 5.74) is 2.44. The standard InChI is InChI=1S/C23H33N5O/c1-24-23(26-14-10-21-5-3-4-13-25-21)27-17-19-11-15-28(16-12-19)18-20-6-8-22(29-2)9-7-20/h3-9,13,19H,10-12,14-18H2,1-2H3,(H2,24,26,27). The Hall–Kier alpha value is -2.60. The molecule has 29 heavy (non-hydrogen) atoms. The van der Waals surface area contributed by atoms with E-state index in [0.717, 1.165) is 56.5 Å². The highest BCUT2D eigenvalue weighted by atomic mass is 16.5. The van der Waals surface area contributed by atoms with Crippen molar-refractivity contribution < 1.29 is 4.74 Å². The number of rotatable bonds is 8. The molecule has 1 aromatic heterocycles.